The molecule has 0 saturated heterocycles. The molecule has 1 aliphatic rings. The molecule has 0 aromatic carbocycles. The number of aliphatic imine (C=N–C) groups is 1. The molecule has 1 N–H and O–H groups in total. The molecule has 0 saturated carbocycles. The molecule has 1 atom stereocenters. The van der Waals surface area contributed by atoms with Crippen molar-refractivity contribution in [2.75, 3.05) is 13.1 Å². The number of Topliss-reactive ketones (excluding diaryl/α,β-unsaturated/α-hetero) is 1. The van der Waals surface area contributed by atoms with Crippen LogP contribution < -0.4 is 5.32 Å². The highest BCUT2D eigenvalue weighted by Crippen LogP contribution is 2.01. The third-order valence-electron chi connectivity index (χ3n) is 1.72. The monoisotopic (exact) mass is 140 g/mol. The van der Waals surface area contributed by atoms with Crippen molar-refractivity contribution in [2.45, 2.75) is 13.8 Å². The standard InChI is InChI=1S/C7H12N2O/c1-5(6(2)10)7-8-3-4-9-7/h5H,3-4H2,1-2H3,(H,8,9). The van der Waals surface area contributed by atoms with Crippen molar-refractivity contribution in [3.05, 3.63) is 0 Å². The van der Waals surface area contributed by atoms with E-state index in [2.05, 4.69) is 10.3 Å². The maximum Gasteiger partial charge on any atom is 0.140 e. The van der Waals surface area contributed by atoms with Crippen molar-refractivity contribution in [2.24, 2.45) is 10.9 Å². The van der Waals surface area contributed by atoms with Gasteiger partial charge >= 0.3 is 0 Å². The van der Waals surface area contributed by atoms with Crippen LogP contribution in [-0.2, 0) is 4.79 Å². The number of nitrogens with one attached hydrogen (secondary N) is 1. The fourth-order valence-electron chi connectivity index (χ4n) is 0.899. The van der Waals surface area contributed by atoms with Crippen LogP contribution in [0, 0.1) is 5.92 Å². The Kier molecular flexibility index (Phi) is 2.04. The van der Waals surface area contributed by atoms with Gasteiger partial charge in [-0.1, -0.05) is 0 Å². The molecule has 0 aliphatic carbocycles. The van der Waals surface area contributed by atoms with Gasteiger partial charge in [-0.15, -0.1) is 0 Å². The quantitative estimate of drug-likeness (QED) is 0.596. The number of nitrogens with zero attached hydrogens (tertiary/aromatic N) is 1. The number of amidine groups is 1. The van der Waals surface area contributed by atoms with Gasteiger partial charge in [0.25, 0.3) is 0 Å². The summed E-state index contributed by atoms with van der Waals surface area (Å²) in [5.41, 5.74) is 0. The molecule has 0 radical (unpaired) electrons. The molecule has 1 unspecified atom stereocenters. The van der Waals surface area contributed by atoms with Gasteiger partial charge in [-0.3, -0.25) is 9.79 Å². The predicted octanol–water partition coefficient (Wildman–Crippen LogP) is 0.213. The molecule has 0 spiro atoms. The molecule has 10 heavy (non-hydrogen) atoms. The van der Waals surface area contributed by atoms with Gasteiger partial charge in [-0.25, -0.2) is 0 Å². The van der Waals surface area contributed by atoms with E-state index in [1.165, 1.54) is 0 Å². The first-order chi connectivity index (χ1) is 4.72. The highest BCUT2D eigenvalue weighted by atomic mass is 16.1. The molecule has 0 bridgehead atoms. The zero-order valence-corrected chi connectivity index (χ0v) is 6.35. The maximum absolute atomic E-state index is 10.8. The Morgan fingerprint density at radius 1 is 1.80 bits per heavy atom. The lowest BCUT2D eigenvalue weighted by Gasteiger charge is -2.06. The smallest absolute Gasteiger partial charge is 0.140 e. The molecule has 0 aromatic heterocycles. The Morgan fingerprint density at radius 3 is 2.90 bits per heavy atom. The number of carbonyl (C=O) groups is 1. The average Bonchev–Trinajstić information content (AvgIpc) is 2.36. The number of hydrogen-bond donors (Lipinski definition) is 1. The Bertz CT molecular complexity index is 174. The van der Waals surface area contributed by atoms with E-state index >= 15 is 0 Å². The summed E-state index contributed by atoms with van der Waals surface area (Å²) < 4.78 is 0. The fourth-order valence-corrected chi connectivity index (χ4v) is 0.899. The molecule has 0 aromatic rings. The van der Waals surface area contributed by atoms with E-state index in [1.807, 2.05) is 6.92 Å². The van der Waals surface area contributed by atoms with Crippen LogP contribution in [0.4, 0.5) is 0 Å². The Balaban J connectivity index is 2.55. The summed E-state index contributed by atoms with van der Waals surface area (Å²) in [5.74, 6) is 0.989. The van der Waals surface area contributed by atoms with Gasteiger partial charge in [0.1, 0.15) is 11.6 Å². The van der Waals surface area contributed by atoms with Gasteiger partial charge in [0.15, 0.2) is 0 Å². The number of ketones is 1. The van der Waals surface area contributed by atoms with E-state index < -0.39 is 0 Å². The van der Waals surface area contributed by atoms with Crippen molar-refractivity contribution in [3.8, 4) is 0 Å². The second-order valence-electron chi connectivity index (χ2n) is 2.53. The predicted molar refractivity (Wildman–Crippen MR) is 40.1 cm³/mol. The van der Waals surface area contributed by atoms with Crippen molar-refractivity contribution in [1.82, 2.24) is 5.32 Å². The SMILES string of the molecule is CC(=O)C(C)C1=NCCN1. The summed E-state index contributed by atoms with van der Waals surface area (Å²) in [6.45, 7) is 5.16. The van der Waals surface area contributed by atoms with Gasteiger partial charge in [-0.2, -0.15) is 0 Å². The first kappa shape index (κ1) is 7.25. The lowest BCUT2D eigenvalue weighted by Crippen LogP contribution is -2.29. The third kappa shape index (κ3) is 1.35. The second-order valence-corrected chi connectivity index (χ2v) is 2.53. The van der Waals surface area contributed by atoms with Gasteiger partial charge in [0.05, 0.1) is 12.5 Å². The van der Waals surface area contributed by atoms with Crippen LogP contribution in [0.2, 0.25) is 0 Å². The number of carbonyl (C=O) groups excluding carboxylic acids is 1. The third-order valence-corrected chi connectivity index (χ3v) is 1.72. The molecular weight excluding hydrogens is 128 g/mol. The van der Waals surface area contributed by atoms with E-state index in [9.17, 15) is 4.79 Å². The van der Waals surface area contributed by atoms with Crippen LogP contribution in [0.25, 0.3) is 0 Å². The Hall–Kier alpha value is -0.860. The van der Waals surface area contributed by atoms with E-state index in [-0.39, 0.29) is 11.7 Å². The van der Waals surface area contributed by atoms with E-state index in [0.29, 0.717) is 0 Å². The molecule has 0 amide bonds. The summed E-state index contributed by atoms with van der Waals surface area (Å²) in [7, 11) is 0. The summed E-state index contributed by atoms with van der Waals surface area (Å²) in [6, 6.07) is 0. The largest absolute Gasteiger partial charge is 0.371 e. The lowest BCUT2D eigenvalue weighted by atomic mass is 10.1. The first-order valence-corrected chi connectivity index (χ1v) is 3.50. The Labute approximate surface area is 60.5 Å². The molecule has 1 heterocycles. The molecule has 3 heteroatoms. The van der Waals surface area contributed by atoms with Crippen LogP contribution in [0.15, 0.2) is 4.99 Å². The van der Waals surface area contributed by atoms with Crippen molar-refractivity contribution >= 4 is 11.6 Å². The molecule has 1 rings (SSSR count). The summed E-state index contributed by atoms with van der Waals surface area (Å²) in [4.78, 5) is 15.0. The minimum atomic E-state index is -0.0394. The van der Waals surface area contributed by atoms with E-state index in [1.54, 1.807) is 6.92 Å². The van der Waals surface area contributed by atoms with Crippen molar-refractivity contribution in [3.63, 3.8) is 0 Å². The average molecular weight is 140 g/mol. The lowest BCUT2D eigenvalue weighted by molar-refractivity contribution is -0.118. The van der Waals surface area contributed by atoms with Gasteiger partial charge in [0, 0.05) is 6.54 Å². The van der Waals surface area contributed by atoms with Crippen LogP contribution in [0.5, 0.6) is 0 Å². The maximum atomic E-state index is 10.8. The van der Waals surface area contributed by atoms with Gasteiger partial charge in [-0.05, 0) is 13.8 Å². The normalized spacial score (nSPS) is 19.6. The zero-order chi connectivity index (χ0) is 7.56. The highest BCUT2D eigenvalue weighted by Gasteiger charge is 2.16. The first-order valence-electron chi connectivity index (χ1n) is 3.50. The summed E-state index contributed by atoms with van der Waals surface area (Å²) in [5, 5.41) is 3.07. The van der Waals surface area contributed by atoms with Crippen molar-refractivity contribution in [1.29, 1.82) is 0 Å². The topological polar surface area (TPSA) is 41.5 Å². The van der Waals surface area contributed by atoms with Gasteiger partial charge in [0.2, 0.25) is 0 Å². The van der Waals surface area contributed by atoms with Crippen molar-refractivity contribution < 1.29 is 4.79 Å². The van der Waals surface area contributed by atoms with E-state index in [0.717, 1.165) is 18.9 Å². The number of rotatable bonds is 2. The zero-order valence-electron chi connectivity index (χ0n) is 6.35. The number of hydrogen-bond acceptors (Lipinski definition) is 3. The Morgan fingerprint density at radius 2 is 2.50 bits per heavy atom. The minimum absolute atomic E-state index is 0.0394. The fraction of sp³-hybridized carbons (Fsp3) is 0.714. The van der Waals surface area contributed by atoms with Crippen LogP contribution in [0.1, 0.15) is 13.8 Å². The van der Waals surface area contributed by atoms with E-state index in [4.69, 9.17) is 0 Å². The molecule has 3 nitrogen and oxygen atoms in total. The summed E-state index contributed by atoms with van der Waals surface area (Å²) >= 11 is 0. The second kappa shape index (κ2) is 2.82. The van der Waals surface area contributed by atoms with Crippen LogP contribution in [0.3, 0.4) is 0 Å². The van der Waals surface area contributed by atoms with Crippen LogP contribution >= 0.6 is 0 Å². The molecule has 0 fully saturated rings. The van der Waals surface area contributed by atoms with Gasteiger partial charge < -0.3 is 5.32 Å². The molecule has 56 valence electrons. The van der Waals surface area contributed by atoms with Crippen LogP contribution in [-0.4, -0.2) is 24.7 Å². The molecular formula is C7H12N2O. The highest BCUT2D eigenvalue weighted by molar-refractivity contribution is 6.03. The minimum Gasteiger partial charge on any atom is -0.371 e. The molecule has 1 aliphatic heterocycles. The summed E-state index contributed by atoms with van der Waals surface area (Å²) in [6.07, 6.45) is 0.